The molecular formula is C15H23N3O2. The number of piperidine rings is 1. The number of hydrogen-bond acceptors (Lipinski definition) is 4. The number of hydrazine groups is 1. The molecule has 1 atom stereocenters. The van der Waals surface area contributed by atoms with Crippen molar-refractivity contribution in [3.63, 3.8) is 0 Å². The van der Waals surface area contributed by atoms with Crippen LogP contribution in [0.4, 0.5) is 0 Å². The molecule has 0 aromatic heterocycles. The summed E-state index contributed by atoms with van der Waals surface area (Å²) in [6, 6.07) is 7.56. The molecule has 0 saturated carbocycles. The van der Waals surface area contributed by atoms with Crippen molar-refractivity contribution in [2.75, 3.05) is 19.7 Å². The van der Waals surface area contributed by atoms with Gasteiger partial charge >= 0.3 is 0 Å². The Labute approximate surface area is 119 Å². The van der Waals surface area contributed by atoms with Gasteiger partial charge in [0.2, 0.25) is 0 Å². The van der Waals surface area contributed by atoms with E-state index in [4.69, 9.17) is 10.9 Å². The highest BCUT2D eigenvalue weighted by molar-refractivity contribution is 5.93. The van der Waals surface area contributed by atoms with Crippen molar-refractivity contribution in [2.45, 2.75) is 25.8 Å². The molecule has 2 rings (SSSR count). The zero-order valence-corrected chi connectivity index (χ0v) is 11.7. The normalized spacial score (nSPS) is 19.8. The van der Waals surface area contributed by atoms with Crippen molar-refractivity contribution in [2.24, 2.45) is 11.8 Å². The number of amides is 1. The van der Waals surface area contributed by atoms with Crippen LogP contribution in [0.1, 0.15) is 35.2 Å². The molecule has 1 aliphatic heterocycles. The van der Waals surface area contributed by atoms with Crippen LogP contribution in [0.5, 0.6) is 0 Å². The van der Waals surface area contributed by atoms with E-state index in [-0.39, 0.29) is 12.5 Å². The van der Waals surface area contributed by atoms with E-state index in [0.29, 0.717) is 11.5 Å². The summed E-state index contributed by atoms with van der Waals surface area (Å²) >= 11 is 0. The monoisotopic (exact) mass is 277 g/mol. The highest BCUT2D eigenvalue weighted by atomic mass is 16.3. The van der Waals surface area contributed by atoms with E-state index in [1.165, 1.54) is 12.8 Å². The van der Waals surface area contributed by atoms with Crippen LogP contribution < -0.4 is 11.3 Å². The van der Waals surface area contributed by atoms with Crippen LogP contribution >= 0.6 is 0 Å². The first-order valence-electron chi connectivity index (χ1n) is 7.16. The molecule has 1 amide bonds. The van der Waals surface area contributed by atoms with Crippen molar-refractivity contribution in [1.29, 1.82) is 0 Å². The largest absolute Gasteiger partial charge is 0.396 e. The Morgan fingerprint density at radius 2 is 2.35 bits per heavy atom. The van der Waals surface area contributed by atoms with Crippen LogP contribution in [0.25, 0.3) is 0 Å². The number of rotatable bonds is 5. The number of carbonyl (C=O) groups excluding carboxylic acids is 1. The van der Waals surface area contributed by atoms with Gasteiger partial charge in [0.1, 0.15) is 0 Å². The Balaban J connectivity index is 1.97. The Morgan fingerprint density at radius 1 is 1.50 bits per heavy atom. The molecule has 1 saturated heterocycles. The number of aliphatic hydroxyl groups excluding tert-OH is 1. The zero-order chi connectivity index (χ0) is 14.4. The predicted octanol–water partition coefficient (Wildman–Crippen LogP) is 0.884. The number of benzene rings is 1. The summed E-state index contributed by atoms with van der Waals surface area (Å²) < 4.78 is 0. The first-order valence-corrected chi connectivity index (χ1v) is 7.16. The minimum Gasteiger partial charge on any atom is -0.396 e. The lowest BCUT2D eigenvalue weighted by Crippen LogP contribution is -2.35. The van der Waals surface area contributed by atoms with Crippen LogP contribution in [0.3, 0.4) is 0 Å². The molecule has 1 heterocycles. The highest BCUT2D eigenvalue weighted by Crippen LogP contribution is 2.21. The third kappa shape index (κ3) is 4.03. The molecule has 1 aromatic rings. The molecule has 1 unspecified atom stereocenters. The van der Waals surface area contributed by atoms with Gasteiger partial charge < -0.3 is 5.11 Å². The maximum Gasteiger partial charge on any atom is 0.265 e. The summed E-state index contributed by atoms with van der Waals surface area (Å²) in [6.07, 6.45) is 3.26. The van der Waals surface area contributed by atoms with Gasteiger partial charge in [0, 0.05) is 25.3 Å². The standard InChI is InChI=1S/C15H23N3O2/c16-17-15(20)14-5-1-3-13(9-14)11-18-7-2-4-12(10-18)6-8-19/h1,3,5,9,12,19H,2,4,6-8,10-11,16H2,(H,17,20). The Kier molecular flexibility index (Phi) is 5.52. The van der Waals surface area contributed by atoms with E-state index >= 15 is 0 Å². The van der Waals surface area contributed by atoms with Gasteiger partial charge in [0.15, 0.2) is 0 Å². The van der Waals surface area contributed by atoms with Gasteiger partial charge in [-0.3, -0.25) is 15.1 Å². The molecule has 5 heteroatoms. The van der Waals surface area contributed by atoms with E-state index in [0.717, 1.165) is 31.6 Å². The van der Waals surface area contributed by atoms with Gasteiger partial charge in [-0.05, 0) is 49.4 Å². The summed E-state index contributed by atoms with van der Waals surface area (Å²) in [5.74, 6) is 5.48. The molecule has 1 aromatic carbocycles. The van der Waals surface area contributed by atoms with Gasteiger partial charge in [-0.25, -0.2) is 5.84 Å². The number of nitrogens with one attached hydrogen (secondary N) is 1. The molecule has 0 bridgehead atoms. The van der Waals surface area contributed by atoms with E-state index in [9.17, 15) is 4.79 Å². The average Bonchev–Trinajstić information content (AvgIpc) is 2.47. The second-order valence-corrected chi connectivity index (χ2v) is 5.43. The Bertz CT molecular complexity index is 448. The van der Waals surface area contributed by atoms with Crippen LogP contribution in [-0.2, 0) is 6.54 Å². The van der Waals surface area contributed by atoms with Gasteiger partial charge in [0.25, 0.3) is 5.91 Å². The van der Waals surface area contributed by atoms with Gasteiger partial charge in [-0.1, -0.05) is 12.1 Å². The van der Waals surface area contributed by atoms with E-state index < -0.39 is 0 Å². The van der Waals surface area contributed by atoms with Crippen LogP contribution in [0.2, 0.25) is 0 Å². The maximum absolute atomic E-state index is 11.5. The average molecular weight is 277 g/mol. The fourth-order valence-electron chi connectivity index (χ4n) is 2.87. The smallest absolute Gasteiger partial charge is 0.265 e. The number of aliphatic hydroxyl groups is 1. The topological polar surface area (TPSA) is 78.6 Å². The molecule has 110 valence electrons. The fraction of sp³-hybridized carbons (Fsp3) is 0.533. The molecule has 0 aliphatic carbocycles. The number of nitrogens with two attached hydrogens (primary N) is 1. The summed E-state index contributed by atoms with van der Waals surface area (Å²) in [6.45, 7) is 3.21. The number of hydrogen-bond donors (Lipinski definition) is 3. The molecule has 5 nitrogen and oxygen atoms in total. The third-order valence-electron chi connectivity index (χ3n) is 3.87. The second kappa shape index (κ2) is 7.38. The molecule has 1 fully saturated rings. The van der Waals surface area contributed by atoms with Crippen LogP contribution in [-0.4, -0.2) is 35.6 Å². The Morgan fingerprint density at radius 3 is 3.10 bits per heavy atom. The quantitative estimate of drug-likeness (QED) is 0.424. The van der Waals surface area contributed by atoms with E-state index in [2.05, 4.69) is 10.3 Å². The summed E-state index contributed by atoms with van der Waals surface area (Å²) in [5, 5.41) is 9.04. The van der Waals surface area contributed by atoms with Crippen molar-refractivity contribution in [1.82, 2.24) is 10.3 Å². The Hall–Kier alpha value is -1.43. The number of likely N-dealkylation sites (tertiary alicyclic amines) is 1. The number of nitrogens with zero attached hydrogens (tertiary/aromatic N) is 1. The van der Waals surface area contributed by atoms with Crippen molar-refractivity contribution in [3.05, 3.63) is 35.4 Å². The molecule has 0 spiro atoms. The van der Waals surface area contributed by atoms with Crippen LogP contribution in [0, 0.1) is 5.92 Å². The summed E-state index contributed by atoms with van der Waals surface area (Å²) in [4.78, 5) is 13.9. The lowest BCUT2D eigenvalue weighted by molar-refractivity contribution is 0.0953. The molecule has 20 heavy (non-hydrogen) atoms. The molecule has 4 N–H and O–H groups in total. The summed E-state index contributed by atoms with van der Waals surface area (Å²) in [5.41, 5.74) is 3.87. The minimum atomic E-state index is -0.261. The van der Waals surface area contributed by atoms with Gasteiger partial charge in [-0.15, -0.1) is 0 Å². The first kappa shape index (κ1) is 15.0. The SMILES string of the molecule is NNC(=O)c1cccc(CN2CCCC(CCO)C2)c1. The predicted molar refractivity (Wildman–Crippen MR) is 77.8 cm³/mol. The second-order valence-electron chi connectivity index (χ2n) is 5.43. The first-order chi connectivity index (χ1) is 9.72. The maximum atomic E-state index is 11.5. The number of nitrogen functional groups attached to an aromatic ring is 1. The van der Waals surface area contributed by atoms with Crippen molar-refractivity contribution < 1.29 is 9.90 Å². The fourth-order valence-corrected chi connectivity index (χ4v) is 2.87. The lowest BCUT2D eigenvalue weighted by atomic mass is 9.95. The van der Waals surface area contributed by atoms with Crippen LogP contribution in [0.15, 0.2) is 24.3 Å². The molecule has 1 aliphatic rings. The lowest BCUT2D eigenvalue weighted by Gasteiger charge is -2.32. The van der Waals surface area contributed by atoms with Crippen molar-refractivity contribution in [3.8, 4) is 0 Å². The number of carbonyl (C=O) groups is 1. The summed E-state index contributed by atoms with van der Waals surface area (Å²) in [7, 11) is 0. The highest BCUT2D eigenvalue weighted by Gasteiger charge is 2.19. The van der Waals surface area contributed by atoms with Gasteiger partial charge in [-0.2, -0.15) is 0 Å². The van der Waals surface area contributed by atoms with Crippen molar-refractivity contribution >= 4 is 5.91 Å². The van der Waals surface area contributed by atoms with E-state index in [1.54, 1.807) is 6.07 Å². The molecular weight excluding hydrogens is 254 g/mol. The van der Waals surface area contributed by atoms with E-state index in [1.807, 2.05) is 18.2 Å². The minimum absolute atomic E-state index is 0.261. The molecule has 0 radical (unpaired) electrons. The zero-order valence-electron chi connectivity index (χ0n) is 11.7. The van der Waals surface area contributed by atoms with Gasteiger partial charge in [0.05, 0.1) is 0 Å². The third-order valence-corrected chi connectivity index (χ3v) is 3.87.